The van der Waals surface area contributed by atoms with Gasteiger partial charge in [0, 0.05) is 25.8 Å². The van der Waals surface area contributed by atoms with E-state index in [1.54, 1.807) is 0 Å². The summed E-state index contributed by atoms with van der Waals surface area (Å²) in [4.78, 5) is 21.9. The summed E-state index contributed by atoms with van der Waals surface area (Å²) in [7, 11) is 0. The van der Waals surface area contributed by atoms with E-state index in [0.29, 0.717) is 32.1 Å². The third-order valence-electron chi connectivity index (χ3n) is 4.11. The number of benzene rings is 1. The van der Waals surface area contributed by atoms with Gasteiger partial charge < -0.3 is 15.8 Å². The van der Waals surface area contributed by atoms with Crippen LogP contribution in [-0.4, -0.2) is 30.6 Å². The fraction of sp³-hybridized carbons (Fsp3) is 0.500. The van der Waals surface area contributed by atoms with E-state index in [9.17, 15) is 28.1 Å². The molecule has 1 heterocycles. The molecule has 7 nitrogen and oxygen atoms in total. The quantitative estimate of drug-likeness (QED) is 0.628. The molecule has 0 unspecified atom stereocenters. The average Bonchev–Trinajstić information content (AvgIpc) is 2.52. The van der Waals surface area contributed by atoms with E-state index in [2.05, 4.69) is 5.32 Å². The molecule has 10 heteroatoms. The number of carbonyl (C=O) groups is 1. The molecule has 0 aromatic heterocycles. The van der Waals surface area contributed by atoms with Crippen molar-refractivity contribution in [2.24, 2.45) is 11.1 Å². The Morgan fingerprint density at radius 3 is 2.50 bits per heavy atom. The van der Waals surface area contributed by atoms with Crippen LogP contribution >= 0.6 is 0 Å². The molecule has 2 rings (SSSR count). The van der Waals surface area contributed by atoms with Crippen LogP contribution in [0.25, 0.3) is 0 Å². The van der Waals surface area contributed by atoms with E-state index in [-0.39, 0.29) is 12.2 Å². The van der Waals surface area contributed by atoms with Crippen LogP contribution in [0.15, 0.2) is 18.2 Å². The highest BCUT2D eigenvalue weighted by Crippen LogP contribution is 2.36. The third kappa shape index (κ3) is 3.75. The minimum atomic E-state index is -4.68. The SMILES string of the molecule is NC(=O)C1(CNc2ccc(C(F)(F)F)cc2[N+](=O)[O-])CCOCC1. The molecule has 1 aromatic rings. The number of rotatable bonds is 5. The van der Waals surface area contributed by atoms with Gasteiger partial charge in [0.05, 0.1) is 15.9 Å². The molecule has 1 saturated heterocycles. The van der Waals surface area contributed by atoms with Gasteiger partial charge in [0.15, 0.2) is 0 Å². The first-order valence-electron chi connectivity index (χ1n) is 7.13. The lowest BCUT2D eigenvalue weighted by Gasteiger charge is -2.34. The van der Waals surface area contributed by atoms with E-state index in [1.165, 1.54) is 0 Å². The predicted molar refractivity (Wildman–Crippen MR) is 78.3 cm³/mol. The molecule has 0 radical (unpaired) electrons. The van der Waals surface area contributed by atoms with Crippen LogP contribution in [0.3, 0.4) is 0 Å². The lowest BCUT2D eigenvalue weighted by Crippen LogP contribution is -2.46. The number of alkyl halides is 3. The van der Waals surface area contributed by atoms with Crippen LogP contribution in [0.5, 0.6) is 0 Å². The van der Waals surface area contributed by atoms with Crippen molar-refractivity contribution in [1.82, 2.24) is 0 Å². The molecule has 1 aliphatic rings. The summed E-state index contributed by atoms with van der Waals surface area (Å²) < 4.78 is 43.2. The summed E-state index contributed by atoms with van der Waals surface area (Å²) in [5.41, 5.74) is 2.55. The lowest BCUT2D eigenvalue weighted by atomic mass is 9.79. The minimum absolute atomic E-state index is 0.0160. The maximum atomic E-state index is 12.7. The zero-order chi connectivity index (χ0) is 18.0. The summed E-state index contributed by atoms with van der Waals surface area (Å²) in [6.07, 6.45) is -4.01. The highest BCUT2D eigenvalue weighted by atomic mass is 19.4. The standard InChI is InChI=1S/C14H16F3N3O4/c15-14(16,17)9-1-2-10(11(7-9)20(22)23)19-8-13(12(18)21)3-5-24-6-4-13/h1-2,7,19H,3-6,8H2,(H2,18,21). The molecule has 24 heavy (non-hydrogen) atoms. The summed E-state index contributed by atoms with van der Waals surface area (Å²) in [6, 6.07) is 2.19. The van der Waals surface area contributed by atoms with Crippen LogP contribution in [-0.2, 0) is 15.7 Å². The molecule has 1 fully saturated rings. The Labute approximate surface area is 135 Å². The number of primary amides is 1. The number of halogens is 3. The topological polar surface area (TPSA) is 107 Å². The van der Waals surface area contributed by atoms with Gasteiger partial charge in [-0.1, -0.05) is 0 Å². The van der Waals surface area contributed by atoms with Gasteiger partial charge in [0.2, 0.25) is 5.91 Å². The number of hydrogen-bond acceptors (Lipinski definition) is 5. The predicted octanol–water partition coefficient (Wildman–Crippen LogP) is 2.31. The van der Waals surface area contributed by atoms with E-state index < -0.39 is 33.7 Å². The van der Waals surface area contributed by atoms with Crippen molar-refractivity contribution in [2.75, 3.05) is 25.1 Å². The molecule has 0 aliphatic carbocycles. The van der Waals surface area contributed by atoms with Gasteiger partial charge in [-0.25, -0.2) is 0 Å². The van der Waals surface area contributed by atoms with Crippen molar-refractivity contribution in [3.05, 3.63) is 33.9 Å². The van der Waals surface area contributed by atoms with Crippen molar-refractivity contribution in [1.29, 1.82) is 0 Å². The van der Waals surface area contributed by atoms with Crippen molar-refractivity contribution in [2.45, 2.75) is 19.0 Å². The maximum Gasteiger partial charge on any atom is 0.416 e. The molecule has 0 bridgehead atoms. The first-order valence-corrected chi connectivity index (χ1v) is 7.13. The number of amides is 1. The highest BCUT2D eigenvalue weighted by molar-refractivity contribution is 5.82. The van der Waals surface area contributed by atoms with Crippen molar-refractivity contribution in [3.8, 4) is 0 Å². The lowest BCUT2D eigenvalue weighted by molar-refractivity contribution is -0.384. The van der Waals surface area contributed by atoms with Gasteiger partial charge >= 0.3 is 6.18 Å². The molecular formula is C14H16F3N3O4. The Balaban J connectivity index is 2.25. The number of nitrogens with one attached hydrogen (secondary N) is 1. The smallest absolute Gasteiger partial charge is 0.381 e. The van der Waals surface area contributed by atoms with Crippen molar-refractivity contribution < 1.29 is 27.6 Å². The number of nitrogens with zero attached hydrogens (tertiary/aromatic N) is 1. The number of anilines is 1. The average molecular weight is 347 g/mol. The van der Waals surface area contributed by atoms with Crippen LogP contribution in [0.4, 0.5) is 24.5 Å². The number of ether oxygens (including phenoxy) is 1. The summed E-state index contributed by atoms with van der Waals surface area (Å²) in [5.74, 6) is -0.576. The van der Waals surface area contributed by atoms with Crippen molar-refractivity contribution >= 4 is 17.3 Å². The van der Waals surface area contributed by atoms with Crippen LogP contribution in [0.1, 0.15) is 18.4 Å². The molecule has 1 aromatic carbocycles. The molecule has 1 aliphatic heterocycles. The van der Waals surface area contributed by atoms with E-state index in [4.69, 9.17) is 10.5 Å². The van der Waals surface area contributed by atoms with E-state index in [1.807, 2.05) is 0 Å². The second-order valence-corrected chi connectivity index (χ2v) is 5.60. The largest absolute Gasteiger partial charge is 0.416 e. The summed E-state index contributed by atoms with van der Waals surface area (Å²) in [5, 5.41) is 13.8. The second kappa shape index (κ2) is 6.63. The fourth-order valence-corrected chi connectivity index (χ4v) is 2.55. The van der Waals surface area contributed by atoms with E-state index in [0.717, 1.165) is 12.1 Å². The summed E-state index contributed by atoms with van der Waals surface area (Å²) in [6.45, 7) is 0.622. The molecule has 0 atom stereocenters. The molecule has 132 valence electrons. The number of nitro benzene ring substituents is 1. The van der Waals surface area contributed by atoms with Crippen LogP contribution in [0.2, 0.25) is 0 Å². The second-order valence-electron chi connectivity index (χ2n) is 5.60. The number of hydrogen-bond donors (Lipinski definition) is 2. The number of nitrogens with two attached hydrogens (primary N) is 1. The first-order chi connectivity index (χ1) is 11.2. The Morgan fingerprint density at radius 2 is 2.00 bits per heavy atom. The van der Waals surface area contributed by atoms with Gasteiger partial charge in [-0.2, -0.15) is 13.2 Å². The number of nitro groups is 1. The molecule has 0 spiro atoms. The molecular weight excluding hydrogens is 331 g/mol. The van der Waals surface area contributed by atoms with Crippen LogP contribution in [0, 0.1) is 15.5 Å². The third-order valence-corrected chi connectivity index (χ3v) is 4.11. The molecule has 1 amide bonds. The van der Waals surface area contributed by atoms with E-state index >= 15 is 0 Å². The fourth-order valence-electron chi connectivity index (χ4n) is 2.55. The molecule has 0 saturated carbocycles. The van der Waals surface area contributed by atoms with Crippen molar-refractivity contribution in [3.63, 3.8) is 0 Å². The Bertz CT molecular complexity index is 643. The van der Waals surface area contributed by atoms with Gasteiger partial charge in [-0.15, -0.1) is 0 Å². The zero-order valence-electron chi connectivity index (χ0n) is 12.6. The van der Waals surface area contributed by atoms with Gasteiger partial charge in [0.1, 0.15) is 5.69 Å². The minimum Gasteiger partial charge on any atom is -0.381 e. The molecule has 3 N–H and O–H groups in total. The number of carbonyl (C=O) groups excluding carboxylic acids is 1. The highest BCUT2D eigenvalue weighted by Gasteiger charge is 2.39. The Hall–Kier alpha value is -2.36. The van der Waals surface area contributed by atoms with Gasteiger partial charge in [-0.05, 0) is 25.0 Å². The first kappa shape index (κ1) is 18.0. The zero-order valence-corrected chi connectivity index (χ0v) is 12.6. The van der Waals surface area contributed by atoms with Gasteiger partial charge in [0.25, 0.3) is 5.69 Å². The van der Waals surface area contributed by atoms with Gasteiger partial charge in [-0.3, -0.25) is 14.9 Å². The normalized spacial score (nSPS) is 17.3. The maximum absolute atomic E-state index is 12.7. The summed E-state index contributed by atoms with van der Waals surface area (Å²) >= 11 is 0. The van der Waals surface area contributed by atoms with Crippen LogP contribution < -0.4 is 11.1 Å². The monoisotopic (exact) mass is 347 g/mol. The Kier molecular flexibility index (Phi) is 4.97. The Morgan fingerprint density at radius 1 is 1.38 bits per heavy atom.